The van der Waals surface area contributed by atoms with Gasteiger partial charge in [0.2, 0.25) is 0 Å². The first-order valence-electron chi connectivity index (χ1n) is 7.73. The molecule has 0 aliphatic rings. The highest BCUT2D eigenvalue weighted by atomic mass is 16.3. The summed E-state index contributed by atoms with van der Waals surface area (Å²) in [6.45, 7) is 4.54. The van der Waals surface area contributed by atoms with Crippen molar-refractivity contribution < 1.29 is 5.11 Å². The molecule has 0 saturated carbocycles. The molecule has 0 spiro atoms. The Morgan fingerprint density at radius 2 is 1.67 bits per heavy atom. The van der Waals surface area contributed by atoms with Gasteiger partial charge >= 0.3 is 0 Å². The van der Waals surface area contributed by atoms with Crippen LogP contribution < -0.4 is 5.32 Å². The molecule has 0 aliphatic carbocycles. The summed E-state index contributed by atoms with van der Waals surface area (Å²) in [5.74, 6) is 0. The Bertz CT molecular complexity index is 538. The van der Waals surface area contributed by atoms with Gasteiger partial charge in [-0.3, -0.25) is 0 Å². The Kier molecular flexibility index (Phi) is 5.97. The summed E-state index contributed by atoms with van der Waals surface area (Å²) in [7, 11) is 0. The van der Waals surface area contributed by atoms with Gasteiger partial charge in [0.05, 0.1) is 6.04 Å². The zero-order valence-corrected chi connectivity index (χ0v) is 12.9. The fraction of sp³-hybridized carbons (Fsp3) is 0.368. The molecule has 0 amide bonds. The molecule has 0 radical (unpaired) electrons. The normalized spacial score (nSPS) is 13.9. The number of hydrogen-bond acceptors (Lipinski definition) is 2. The molecule has 2 atom stereocenters. The first kappa shape index (κ1) is 15.7. The Balaban J connectivity index is 2.33. The molecule has 0 fully saturated rings. The maximum absolute atomic E-state index is 9.24. The molecule has 2 N–H and O–H groups in total. The lowest BCUT2D eigenvalue weighted by Gasteiger charge is -2.27. The van der Waals surface area contributed by atoms with Crippen LogP contribution in [0.4, 0.5) is 0 Å². The highest BCUT2D eigenvalue weighted by Crippen LogP contribution is 2.26. The van der Waals surface area contributed by atoms with Crippen molar-refractivity contribution in [3.8, 4) is 0 Å². The largest absolute Gasteiger partial charge is 0.396 e. The van der Waals surface area contributed by atoms with Crippen molar-refractivity contribution in [2.45, 2.75) is 38.8 Å². The lowest BCUT2D eigenvalue weighted by Crippen LogP contribution is -2.34. The topological polar surface area (TPSA) is 32.3 Å². The first-order valence-corrected chi connectivity index (χ1v) is 7.73. The molecule has 21 heavy (non-hydrogen) atoms. The third kappa shape index (κ3) is 4.16. The molecule has 0 bridgehead atoms. The number of aliphatic hydroxyl groups excluding tert-OH is 1. The molecule has 2 rings (SSSR count). The van der Waals surface area contributed by atoms with Crippen molar-refractivity contribution in [3.05, 3.63) is 71.3 Å². The second kappa shape index (κ2) is 7.96. The van der Waals surface area contributed by atoms with Crippen LogP contribution in [0.2, 0.25) is 0 Å². The maximum atomic E-state index is 9.24. The van der Waals surface area contributed by atoms with E-state index < -0.39 is 0 Å². The molecule has 2 aromatic rings. The van der Waals surface area contributed by atoms with Crippen LogP contribution in [-0.2, 0) is 0 Å². The molecule has 2 heteroatoms. The standard InChI is InChI=1S/C19H25NO/c1-3-17(13-14-21)20-19(16-10-5-4-6-11-16)18-12-8-7-9-15(18)2/h4-12,17,19-21H,3,13-14H2,1-2H3. The molecule has 0 heterocycles. The first-order chi connectivity index (χ1) is 10.3. The van der Waals surface area contributed by atoms with Crippen molar-refractivity contribution in [3.63, 3.8) is 0 Å². The monoisotopic (exact) mass is 283 g/mol. The van der Waals surface area contributed by atoms with Gasteiger partial charge in [-0.25, -0.2) is 0 Å². The van der Waals surface area contributed by atoms with Gasteiger partial charge in [-0.1, -0.05) is 61.5 Å². The number of hydrogen-bond donors (Lipinski definition) is 2. The quantitative estimate of drug-likeness (QED) is 0.809. The Morgan fingerprint density at radius 3 is 2.29 bits per heavy atom. The van der Waals surface area contributed by atoms with E-state index >= 15 is 0 Å². The number of aryl methyl sites for hydroxylation is 1. The molecular formula is C19H25NO. The molecule has 0 saturated heterocycles. The third-order valence-electron chi connectivity index (χ3n) is 4.01. The minimum absolute atomic E-state index is 0.170. The van der Waals surface area contributed by atoms with E-state index in [0.29, 0.717) is 6.04 Å². The molecule has 2 unspecified atom stereocenters. The van der Waals surface area contributed by atoms with Gasteiger partial charge in [0.1, 0.15) is 0 Å². The van der Waals surface area contributed by atoms with Crippen molar-refractivity contribution in [2.75, 3.05) is 6.61 Å². The van der Waals surface area contributed by atoms with Crippen LogP contribution in [0.25, 0.3) is 0 Å². The van der Waals surface area contributed by atoms with E-state index in [0.717, 1.165) is 12.8 Å². The number of nitrogens with one attached hydrogen (secondary N) is 1. The summed E-state index contributed by atoms with van der Waals surface area (Å²) in [6, 6.07) is 19.5. The lowest BCUT2D eigenvalue weighted by molar-refractivity contribution is 0.258. The van der Waals surface area contributed by atoms with Crippen molar-refractivity contribution >= 4 is 0 Å². The van der Waals surface area contributed by atoms with Crippen molar-refractivity contribution in [1.82, 2.24) is 5.32 Å². The SMILES string of the molecule is CCC(CCO)NC(c1ccccc1)c1ccccc1C. The predicted molar refractivity (Wildman–Crippen MR) is 88.4 cm³/mol. The Labute approximate surface area is 127 Å². The van der Waals surface area contributed by atoms with Crippen LogP contribution in [0.15, 0.2) is 54.6 Å². The molecule has 112 valence electrons. The highest BCUT2D eigenvalue weighted by Gasteiger charge is 2.18. The highest BCUT2D eigenvalue weighted by molar-refractivity contribution is 5.36. The lowest BCUT2D eigenvalue weighted by atomic mass is 9.93. The minimum Gasteiger partial charge on any atom is -0.396 e. The summed E-state index contributed by atoms with van der Waals surface area (Å²) in [5.41, 5.74) is 3.86. The number of aliphatic hydroxyl groups is 1. The van der Waals surface area contributed by atoms with Crippen molar-refractivity contribution in [1.29, 1.82) is 0 Å². The van der Waals surface area contributed by atoms with E-state index in [-0.39, 0.29) is 12.6 Å². The average molecular weight is 283 g/mol. The van der Waals surface area contributed by atoms with Crippen molar-refractivity contribution in [2.24, 2.45) is 0 Å². The maximum Gasteiger partial charge on any atom is 0.0581 e. The summed E-state index contributed by atoms with van der Waals surface area (Å²) in [5, 5.41) is 13.0. The fourth-order valence-corrected chi connectivity index (χ4v) is 2.72. The van der Waals surface area contributed by atoms with Gasteiger partial charge in [-0.15, -0.1) is 0 Å². The minimum atomic E-state index is 0.170. The van der Waals surface area contributed by atoms with Gasteiger partial charge in [-0.2, -0.15) is 0 Å². The summed E-state index contributed by atoms with van der Waals surface area (Å²) in [4.78, 5) is 0. The van der Waals surface area contributed by atoms with E-state index in [4.69, 9.17) is 0 Å². The van der Waals surface area contributed by atoms with Gasteiger partial charge in [0.25, 0.3) is 0 Å². The van der Waals surface area contributed by atoms with Crippen LogP contribution in [0.3, 0.4) is 0 Å². The van der Waals surface area contributed by atoms with Gasteiger partial charge in [0.15, 0.2) is 0 Å². The molecule has 2 nitrogen and oxygen atoms in total. The van der Waals surface area contributed by atoms with Crippen LogP contribution in [0.1, 0.15) is 42.5 Å². The Morgan fingerprint density at radius 1 is 1.00 bits per heavy atom. The van der Waals surface area contributed by atoms with Crippen LogP contribution in [-0.4, -0.2) is 17.8 Å². The predicted octanol–water partition coefficient (Wildman–Crippen LogP) is 3.84. The number of rotatable bonds is 7. The van der Waals surface area contributed by atoms with E-state index in [1.165, 1.54) is 16.7 Å². The summed E-state index contributed by atoms with van der Waals surface area (Å²) < 4.78 is 0. The molecule has 0 aromatic heterocycles. The van der Waals surface area contributed by atoms with Crippen LogP contribution >= 0.6 is 0 Å². The Hall–Kier alpha value is -1.64. The zero-order chi connectivity index (χ0) is 15.1. The van der Waals surface area contributed by atoms with E-state index in [9.17, 15) is 5.11 Å². The second-order valence-corrected chi connectivity index (χ2v) is 5.48. The van der Waals surface area contributed by atoms with Crippen LogP contribution in [0.5, 0.6) is 0 Å². The van der Waals surface area contributed by atoms with Gasteiger partial charge < -0.3 is 10.4 Å². The fourth-order valence-electron chi connectivity index (χ4n) is 2.72. The summed E-state index contributed by atoms with van der Waals surface area (Å²) >= 11 is 0. The molecular weight excluding hydrogens is 258 g/mol. The smallest absolute Gasteiger partial charge is 0.0581 e. The number of benzene rings is 2. The van der Waals surface area contributed by atoms with E-state index in [1.807, 2.05) is 6.07 Å². The van der Waals surface area contributed by atoms with Crippen LogP contribution in [0, 0.1) is 6.92 Å². The third-order valence-corrected chi connectivity index (χ3v) is 4.01. The average Bonchev–Trinajstić information content (AvgIpc) is 2.53. The zero-order valence-electron chi connectivity index (χ0n) is 12.9. The van der Waals surface area contributed by atoms with E-state index in [1.54, 1.807) is 0 Å². The van der Waals surface area contributed by atoms with Gasteiger partial charge in [-0.05, 0) is 36.5 Å². The molecule has 2 aromatic carbocycles. The van der Waals surface area contributed by atoms with E-state index in [2.05, 4.69) is 67.7 Å². The second-order valence-electron chi connectivity index (χ2n) is 5.48. The summed E-state index contributed by atoms with van der Waals surface area (Å²) in [6.07, 6.45) is 1.79. The van der Waals surface area contributed by atoms with Gasteiger partial charge in [0, 0.05) is 12.6 Å². The molecule has 0 aliphatic heterocycles.